The van der Waals surface area contributed by atoms with E-state index in [1.807, 2.05) is 0 Å². The maximum Gasteiger partial charge on any atom is 0.104 e. The lowest BCUT2D eigenvalue weighted by Gasteiger charge is -2.35. The Bertz CT molecular complexity index is 179. The maximum absolute atomic E-state index is 5.83. The molecule has 0 spiro atoms. The van der Waals surface area contributed by atoms with Gasteiger partial charge in [-0.2, -0.15) is 0 Å². The average molecular weight is 231 g/mol. The van der Waals surface area contributed by atoms with Gasteiger partial charge in [-0.1, -0.05) is 13.8 Å². The number of rotatable bonds is 7. The van der Waals surface area contributed by atoms with Crippen molar-refractivity contribution in [1.29, 1.82) is 0 Å². The van der Waals surface area contributed by atoms with Crippen LogP contribution in [0.4, 0.5) is 0 Å². The Labute approximate surface area is 98.4 Å². The molecule has 1 heterocycles. The van der Waals surface area contributed by atoms with E-state index in [1.165, 1.54) is 0 Å². The van der Waals surface area contributed by atoms with E-state index < -0.39 is 0 Å². The third kappa shape index (κ3) is 4.78. The Morgan fingerprint density at radius 3 is 2.75 bits per heavy atom. The highest BCUT2D eigenvalue weighted by Crippen LogP contribution is 2.22. The largest absolute Gasteiger partial charge is 0.379 e. The predicted octanol–water partition coefficient (Wildman–Crippen LogP) is 1.18. The van der Waals surface area contributed by atoms with E-state index in [2.05, 4.69) is 13.8 Å². The van der Waals surface area contributed by atoms with Gasteiger partial charge in [0.05, 0.1) is 19.8 Å². The van der Waals surface area contributed by atoms with Crippen molar-refractivity contribution in [3.05, 3.63) is 0 Å². The zero-order valence-electron chi connectivity index (χ0n) is 10.5. The predicted molar refractivity (Wildman–Crippen MR) is 63.4 cm³/mol. The Hall–Kier alpha value is -0.160. The van der Waals surface area contributed by atoms with Gasteiger partial charge in [0, 0.05) is 19.8 Å². The first-order valence-electron chi connectivity index (χ1n) is 6.18. The zero-order valence-corrected chi connectivity index (χ0v) is 10.5. The van der Waals surface area contributed by atoms with Crippen LogP contribution in [0.2, 0.25) is 0 Å². The summed E-state index contributed by atoms with van der Waals surface area (Å²) < 4.78 is 16.7. The molecule has 1 rings (SSSR count). The smallest absolute Gasteiger partial charge is 0.104 e. The molecule has 0 aromatic carbocycles. The number of hydrogen-bond donors (Lipinski definition) is 1. The second-order valence-electron chi connectivity index (χ2n) is 4.86. The van der Waals surface area contributed by atoms with Gasteiger partial charge in [0.25, 0.3) is 0 Å². The molecule has 0 saturated carbocycles. The van der Waals surface area contributed by atoms with Crippen molar-refractivity contribution < 1.29 is 14.2 Å². The van der Waals surface area contributed by atoms with Crippen LogP contribution in [-0.4, -0.2) is 45.2 Å². The molecule has 0 aromatic rings. The first-order valence-corrected chi connectivity index (χ1v) is 6.18. The van der Waals surface area contributed by atoms with Crippen molar-refractivity contribution in [2.45, 2.75) is 32.3 Å². The van der Waals surface area contributed by atoms with Gasteiger partial charge in [0.2, 0.25) is 0 Å². The Kier molecular flexibility index (Phi) is 6.28. The molecule has 2 N–H and O–H groups in total. The van der Waals surface area contributed by atoms with Gasteiger partial charge < -0.3 is 19.9 Å². The summed E-state index contributed by atoms with van der Waals surface area (Å²) in [5, 5.41) is 0. The molecule has 1 aliphatic rings. The zero-order chi connectivity index (χ0) is 11.9. The lowest BCUT2D eigenvalue weighted by Crippen LogP contribution is -2.48. The molecule has 1 aliphatic heterocycles. The molecular formula is C12H25NO3. The lowest BCUT2D eigenvalue weighted by atomic mass is 9.97. The van der Waals surface area contributed by atoms with Gasteiger partial charge in [-0.15, -0.1) is 0 Å². The van der Waals surface area contributed by atoms with Crippen LogP contribution < -0.4 is 5.73 Å². The summed E-state index contributed by atoms with van der Waals surface area (Å²) in [6, 6.07) is 0. The molecule has 96 valence electrons. The number of nitrogens with two attached hydrogens (primary N) is 1. The Morgan fingerprint density at radius 2 is 2.19 bits per heavy atom. The van der Waals surface area contributed by atoms with E-state index in [4.69, 9.17) is 19.9 Å². The van der Waals surface area contributed by atoms with Crippen LogP contribution in [-0.2, 0) is 14.2 Å². The van der Waals surface area contributed by atoms with Crippen LogP contribution >= 0.6 is 0 Å². The molecule has 4 heteroatoms. The van der Waals surface area contributed by atoms with E-state index in [1.54, 1.807) is 0 Å². The molecule has 16 heavy (non-hydrogen) atoms. The fraction of sp³-hybridized carbons (Fsp3) is 1.00. The summed E-state index contributed by atoms with van der Waals surface area (Å²) in [6.45, 7) is 8.27. The minimum Gasteiger partial charge on any atom is -0.379 e. The summed E-state index contributed by atoms with van der Waals surface area (Å²) in [4.78, 5) is 0. The second-order valence-corrected chi connectivity index (χ2v) is 4.86. The van der Waals surface area contributed by atoms with Crippen molar-refractivity contribution >= 4 is 0 Å². The van der Waals surface area contributed by atoms with Crippen LogP contribution in [0.5, 0.6) is 0 Å². The highest BCUT2D eigenvalue weighted by atomic mass is 16.6. The van der Waals surface area contributed by atoms with Crippen molar-refractivity contribution in [3.8, 4) is 0 Å². The molecule has 4 nitrogen and oxygen atoms in total. The third-order valence-corrected chi connectivity index (χ3v) is 2.75. The van der Waals surface area contributed by atoms with Crippen LogP contribution in [0.3, 0.4) is 0 Å². The quantitative estimate of drug-likeness (QED) is 0.669. The van der Waals surface area contributed by atoms with Crippen LogP contribution in [0.1, 0.15) is 26.7 Å². The molecule has 1 fully saturated rings. The first kappa shape index (κ1) is 13.9. The molecule has 1 saturated heterocycles. The average Bonchev–Trinajstić information content (AvgIpc) is 2.29. The van der Waals surface area contributed by atoms with Crippen molar-refractivity contribution in [2.75, 3.05) is 39.6 Å². The molecule has 0 radical (unpaired) electrons. The minimum atomic E-state index is -0.264. The van der Waals surface area contributed by atoms with Crippen LogP contribution in [0.15, 0.2) is 0 Å². The third-order valence-electron chi connectivity index (χ3n) is 2.75. The summed E-state index contributed by atoms with van der Waals surface area (Å²) in [5.41, 5.74) is 5.49. The fourth-order valence-corrected chi connectivity index (χ4v) is 1.80. The Morgan fingerprint density at radius 1 is 1.38 bits per heavy atom. The van der Waals surface area contributed by atoms with Gasteiger partial charge in [0.15, 0.2) is 0 Å². The van der Waals surface area contributed by atoms with E-state index in [0.717, 1.165) is 26.1 Å². The van der Waals surface area contributed by atoms with Gasteiger partial charge in [-0.3, -0.25) is 0 Å². The van der Waals surface area contributed by atoms with E-state index >= 15 is 0 Å². The van der Waals surface area contributed by atoms with Crippen molar-refractivity contribution in [2.24, 2.45) is 11.7 Å². The van der Waals surface area contributed by atoms with Gasteiger partial charge in [-0.05, 0) is 18.8 Å². The normalized spacial score (nSPS) is 26.2. The highest BCUT2D eigenvalue weighted by Gasteiger charge is 2.32. The highest BCUT2D eigenvalue weighted by molar-refractivity contribution is 4.84. The SMILES string of the molecule is CC(C)COCCOC1(CN)CCCOC1. The van der Waals surface area contributed by atoms with Gasteiger partial charge in [0.1, 0.15) is 5.60 Å². The number of hydrogen-bond acceptors (Lipinski definition) is 4. The van der Waals surface area contributed by atoms with E-state index in [-0.39, 0.29) is 5.60 Å². The standard InChI is InChI=1S/C12H25NO3/c1-11(2)8-14-6-7-16-12(9-13)4-3-5-15-10-12/h11H,3-10,13H2,1-2H3. The van der Waals surface area contributed by atoms with Crippen LogP contribution in [0.25, 0.3) is 0 Å². The molecule has 1 unspecified atom stereocenters. The van der Waals surface area contributed by atoms with Crippen molar-refractivity contribution in [3.63, 3.8) is 0 Å². The van der Waals surface area contributed by atoms with Gasteiger partial charge >= 0.3 is 0 Å². The summed E-state index contributed by atoms with van der Waals surface area (Å²) in [5.74, 6) is 0.571. The monoisotopic (exact) mass is 231 g/mol. The molecule has 0 aliphatic carbocycles. The fourth-order valence-electron chi connectivity index (χ4n) is 1.80. The molecule has 0 aromatic heterocycles. The topological polar surface area (TPSA) is 53.7 Å². The summed E-state index contributed by atoms with van der Waals surface area (Å²) in [6.07, 6.45) is 2.03. The second kappa shape index (κ2) is 7.22. The van der Waals surface area contributed by atoms with E-state index in [9.17, 15) is 0 Å². The number of ether oxygens (including phenoxy) is 3. The Balaban J connectivity index is 2.13. The van der Waals surface area contributed by atoms with Gasteiger partial charge in [-0.25, -0.2) is 0 Å². The first-order chi connectivity index (χ1) is 7.68. The maximum atomic E-state index is 5.83. The van der Waals surface area contributed by atoms with Crippen molar-refractivity contribution in [1.82, 2.24) is 0 Å². The summed E-state index contributed by atoms with van der Waals surface area (Å²) >= 11 is 0. The lowest BCUT2D eigenvalue weighted by molar-refractivity contribution is -0.132. The molecule has 0 amide bonds. The molecular weight excluding hydrogens is 206 g/mol. The minimum absolute atomic E-state index is 0.264. The van der Waals surface area contributed by atoms with E-state index in [0.29, 0.717) is 32.3 Å². The molecule has 1 atom stereocenters. The molecule has 0 bridgehead atoms. The van der Waals surface area contributed by atoms with Crippen LogP contribution in [0, 0.1) is 5.92 Å². The summed E-state index contributed by atoms with van der Waals surface area (Å²) in [7, 11) is 0.